The predicted octanol–water partition coefficient (Wildman–Crippen LogP) is 2.48. The molecule has 0 bridgehead atoms. The lowest BCUT2D eigenvalue weighted by molar-refractivity contribution is -0.149. The van der Waals surface area contributed by atoms with Crippen LogP contribution in [-0.4, -0.2) is 65.4 Å². The molecule has 1 fully saturated rings. The standard InChI is InChI=1S/C20H27ClN2O6/c1-20(2,3)29-19(27)22-15(9-12-5-7-13(21)8-6-12)17(24)23-11-14(28-4)10-16(23)18(25)26/h5-8,14-16H,9-11H2,1-4H3,(H,22,27)(H,25,26)/t14-,15-,16+/m1/s1. The molecule has 1 aromatic carbocycles. The SMILES string of the molecule is CO[C@@H]1C[C@@H](C(=O)O)N(C(=O)[C@@H](Cc2ccc(Cl)cc2)NC(=O)OC(C)(C)C)C1. The van der Waals surface area contributed by atoms with E-state index in [-0.39, 0.29) is 25.5 Å². The second-order valence-corrected chi connectivity index (χ2v) is 8.40. The second-order valence-electron chi connectivity index (χ2n) is 7.97. The van der Waals surface area contributed by atoms with Crippen LogP contribution in [0.5, 0.6) is 0 Å². The fourth-order valence-corrected chi connectivity index (χ4v) is 3.28. The monoisotopic (exact) mass is 426 g/mol. The van der Waals surface area contributed by atoms with Crippen molar-refractivity contribution >= 4 is 29.6 Å². The molecule has 1 saturated heterocycles. The molecular formula is C20H27ClN2O6. The summed E-state index contributed by atoms with van der Waals surface area (Å²) in [6, 6.07) is 4.85. The van der Waals surface area contributed by atoms with E-state index in [1.807, 2.05) is 0 Å². The van der Waals surface area contributed by atoms with Gasteiger partial charge in [-0.25, -0.2) is 9.59 Å². The normalized spacial score (nSPS) is 20.2. The Bertz CT molecular complexity index is 746. The summed E-state index contributed by atoms with van der Waals surface area (Å²) in [4.78, 5) is 38.4. The quantitative estimate of drug-likeness (QED) is 0.724. The van der Waals surface area contributed by atoms with Gasteiger partial charge in [-0.15, -0.1) is 0 Å². The molecule has 0 radical (unpaired) electrons. The molecule has 2 N–H and O–H groups in total. The number of alkyl carbamates (subject to hydrolysis) is 1. The van der Waals surface area contributed by atoms with Crippen LogP contribution in [0.4, 0.5) is 4.79 Å². The van der Waals surface area contributed by atoms with E-state index >= 15 is 0 Å². The molecule has 1 heterocycles. The van der Waals surface area contributed by atoms with Gasteiger partial charge < -0.3 is 24.8 Å². The van der Waals surface area contributed by atoms with Crippen molar-refractivity contribution in [2.24, 2.45) is 0 Å². The predicted molar refractivity (Wildman–Crippen MR) is 107 cm³/mol. The van der Waals surface area contributed by atoms with Crippen LogP contribution in [0.1, 0.15) is 32.8 Å². The van der Waals surface area contributed by atoms with Crippen molar-refractivity contribution in [3.05, 3.63) is 34.9 Å². The summed E-state index contributed by atoms with van der Waals surface area (Å²) in [7, 11) is 1.47. The van der Waals surface area contributed by atoms with Gasteiger partial charge in [-0.05, 0) is 38.5 Å². The van der Waals surface area contributed by atoms with E-state index in [4.69, 9.17) is 21.1 Å². The summed E-state index contributed by atoms with van der Waals surface area (Å²) >= 11 is 5.91. The van der Waals surface area contributed by atoms with E-state index in [1.54, 1.807) is 45.0 Å². The number of benzene rings is 1. The Morgan fingerprint density at radius 2 is 1.90 bits per heavy atom. The van der Waals surface area contributed by atoms with Gasteiger partial charge in [-0.3, -0.25) is 4.79 Å². The zero-order valence-electron chi connectivity index (χ0n) is 17.0. The molecule has 0 saturated carbocycles. The summed E-state index contributed by atoms with van der Waals surface area (Å²) in [5.41, 5.74) is 0.0225. The smallest absolute Gasteiger partial charge is 0.408 e. The van der Waals surface area contributed by atoms with Crippen LogP contribution < -0.4 is 5.32 Å². The van der Waals surface area contributed by atoms with E-state index in [1.165, 1.54) is 12.0 Å². The van der Waals surface area contributed by atoms with Crippen LogP contribution in [0.15, 0.2) is 24.3 Å². The van der Waals surface area contributed by atoms with Gasteiger partial charge in [0.1, 0.15) is 17.7 Å². The minimum atomic E-state index is -1.11. The topological polar surface area (TPSA) is 105 Å². The Hall–Kier alpha value is -2.32. The summed E-state index contributed by atoms with van der Waals surface area (Å²) in [6.07, 6.45) is -0.773. The third-order valence-electron chi connectivity index (χ3n) is 4.51. The molecule has 0 aromatic heterocycles. The van der Waals surface area contributed by atoms with E-state index in [0.717, 1.165) is 5.56 Å². The summed E-state index contributed by atoms with van der Waals surface area (Å²) < 4.78 is 10.5. The Kier molecular flexibility index (Phi) is 7.48. The number of hydrogen-bond donors (Lipinski definition) is 2. The van der Waals surface area contributed by atoms with E-state index in [2.05, 4.69) is 5.32 Å². The van der Waals surface area contributed by atoms with Gasteiger partial charge in [0, 0.05) is 31.5 Å². The number of methoxy groups -OCH3 is 1. The molecule has 29 heavy (non-hydrogen) atoms. The molecule has 9 heteroatoms. The average Bonchev–Trinajstić information content (AvgIpc) is 3.05. The molecule has 2 amide bonds. The third-order valence-corrected chi connectivity index (χ3v) is 4.76. The highest BCUT2D eigenvalue weighted by molar-refractivity contribution is 6.30. The van der Waals surface area contributed by atoms with Gasteiger partial charge in [0.15, 0.2) is 0 Å². The van der Waals surface area contributed by atoms with Crippen molar-refractivity contribution in [3.63, 3.8) is 0 Å². The number of ether oxygens (including phenoxy) is 2. The molecule has 1 aliphatic rings. The highest BCUT2D eigenvalue weighted by Crippen LogP contribution is 2.22. The van der Waals surface area contributed by atoms with Gasteiger partial charge in [0.2, 0.25) is 5.91 Å². The number of nitrogens with zero attached hydrogens (tertiary/aromatic N) is 1. The molecule has 1 aromatic rings. The van der Waals surface area contributed by atoms with E-state index in [9.17, 15) is 19.5 Å². The minimum absolute atomic E-state index is 0.138. The summed E-state index contributed by atoms with van der Waals surface area (Å²) in [6.45, 7) is 5.28. The van der Waals surface area contributed by atoms with Crippen molar-refractivity contribution in [2.75, 3.05) is 13.7 Å². The van der Waals surface area contributed by atoms with Crippen LogP contribution in [0.25, 0.3) is 0 Å². The number of carbonyl (C=O) groups excluding carboxylic acids is 2. The number of carboxylic acids is 1. The number of carboxylic acid groups (broad SMARTS) is 1. The number of carbonyl (C=O) groups is 3. The van der Waals surface area contributed by atoms with Crippen molar-refractivity contribution in [3.8, 4) is 0 Å². The molecule has 160 valence electrons. The first-order valence-corrected chi connectivity index (χ1v) is 9.68. The molecule has 0 unspecified atom stereocenters. The number of halogens is 1. The van der Waals surface area contributed by atoms with Gasteiger partial charge in [-0.1, -0.05) is 23.7 Å². The zero-order chi connectivity index (χ0) is 21.8. The molecular weight excluding hydrogens is 400 g/mol. The first-order chi connectivity index (χ1) is 13.5. The van der Waals surface area contributed by atoms with E-state index < -0.39 is 35.7 Å². The van der Waals surface area contributed by atoms with Crippen molar-refractivity contribution in [2.45, 2.75) is 57.4 Å². The zero-order valence-corrected chi connectivity index (χ0v) is 17.7. The first-order valence-electron chi connectivity index (χ1n) is 9.30. The van der Waals surface area contributed by atoms with Gasteiger partial charge >= 0.3 is 12.1 Å². The van der Waals surface area contributed by atoms with Crippen molar-refractivity contribution < 1.29 is 29.0 Å². The Balaban J connectivity index is 2.24. The van der Waals surface area contributed by atoms with Crippen LogP contribution in [0.3, 0.4) is 0 Å². The summed E-state index contributed by atoms with van der Waals surface area (Å²) in [5.74, 6) is -1.61. The Morgan fingerprint density at radius 1 is 1.28 bits per heavy atom. The molecule has 0 spiro atoms. The number of aliphatic carboxylic acids is 1. The highest BCUT2D eigenvalue weighted by atomic mass is 35.5. The van der Waals surface area contributed by atoms with Crippen LogP contribution in [0, 0.1) is 0 Å². The highest BCUT2D eigenvalue weighted by Gasteiger charge is 2.42. The van der Waals surface area contributed by atoms with Crippen molar-refractivity contribution in [1.29, 1.82) is 0 Å². The fourth-order valence-electron chi connectivity index (χ4n) is 3.15. The maximum atomic E-state index is 13.2. The molecule has 0 aliphatic carbocycles. The van der Waals surface area contributed by atoms with E-state index in [0.29, 0.717) is 5.02 Å². The summed E-state index contributed by atoms with van der Waals surface area (Å²) in [5, 5.41) is 12.6. The lowest BCUT2D eigenvalue weighted by atomic mass is 10.0. The molecule has 2 rings (SSSR count). The van der Waals surface area contributed by atoms with Crippen LogP contribution in [-0.2, 0) is 25.5 Å². The van der Waals surface area contributed by atoms with Gasteiger partial charge in [-0.2, -0.15) is 0 Å². The second kappa shape index (κ2) is 9.45. The number of amides is 2. The number of likely N-dealkylation sites (tertiary alicyclic amines) is 1. The van der Waals surface area contributed by atoms with Gasteiger partial charge in [0.05, 0.1) is 6.10 Å². The Labute approximate surface area is 175 Å². The third kappa shape index (κ3) is 6.61. The number of nitrogens with one attached hydrogen (secondary N) is 1. The van der Waals surface area contributed by atoms with Crippen LogP contribution >= 0.6 is 11.6 Å². The lowest BCUT2D eigenvalue weighted by Crippen LogP contribution is -2.53. The maximum absolute atomic E-state index is 13.2. The molecule has 8 nitrogen and oxygen atoms in total. The number of hydrogen-bond acceptors (Lipinski definition) is 5. The maximum Gasteiger partial charge on any atom is 0.408 e. The Morgan fingerprint density at radius 3 is 2.41 bits per heavy atom. The fraction of sp³-hybridized carbons (Fsp3) is 0.550. The lowest BCUT2D eigenvalue weighted by Gasteiger charge is -2.28. The largest absolute Gasteiger partial charge is 0.480 e. The number of rotatable bonds is 6. The molecule has 3 atom stereocenters. The van der Waals surface area contributed by atoms with Crippen molar-refractivity contribution in [1.82, 2.24) is 10.2 Å². The first kappa shape index (κ1) is 23.0. The van der Waals surface area contributed by atoms with Gasteiger partial charge in [0.25, 0.3) is 0 Å². The minimum Gasteiger partial charge on any atom is -0.480 e. The average molecular weight is 427 g/mol. The van der Waals surface area contributed by atoms with Crippen LogP contribution in [0.2, 0.25) is 5.02 Å². The molecule has 1 aliphatic heterocycles.